The Balaban J connectivity index is 1.54. The Morgan fingerprint density at radius 1 is 1.11 bits per heavy atom. The third kappa shape index (κ3) is 4.85. The summed E-state index contributed by atoms with van der Waals surface area (Å²) in [5.74, 6) is -0.143. The highest BCUT2D eigenvalue weighted by atomic mass is 32.2. The standard InChI is InChI=1S/C18H15N3O5S/c1-25-14-8-4-11(5-9-14)16-20-21-18(26-16)27-10-15(22)19-13-6-2-12(3-7-13)17(23)24/h2-9H,10H2,1H3,(H,19,22)(H,23,24). The Hall–Kier alpha value is -3.33. The number of thioether (sulfide) groups is 1. The highest BCUT2D eigenvalue weighted by molar-refractivity contribution is 7.99. The lowest BCUT2D eigenvalue weighted by Crippen LogP contribution is -2.14. The van der Waals surface area contributed by atoms with E-state index in [1.165, 1.54) is 24.3 Å². The SMILES string of the molecule is COc1ccc(-c2nnc(SCC(=O)Nc3ccc(C(=O)O)cc3)o2)cc1. The van der Waals surface area contributed by atoms with E-state index in [4.69, 9.17) is 14.3 Å². The van der Waals surface area contributed by atoms with Gasteiger partial charge in [-0.25, -0.2) is 4.79 Å². The van der Waals surface area contributed by atoms with E-state index in [0.29, 0.717) is 11.6 Å². The molecule has 3 rings (SSSR count). The van der Waals surface area contributed by atoms with Crippen LogP contribution in [0.3, 0.4) is 0 Å². The van der Waals surface area contributed by atoms with E-state index in [0.717, 1.165) is 23.1 Å². The molecule has 0 aliphatic heterocycles. The quantitative estimate of drug-likeness (QED) is 0.596. The number of aromatic nitrogens is 2. The first-order valence-electron chi connectivity index (χ1n) is 7.79. The van der Waals surface area contributed by atoms with Crippen molar-refractivity contribution >= 4 is 29.3 Å². The van der Waals surface area contributed by atoms with Gasteiger partial charge < -0.3 is 19.6 Å². The minimum absolute atomic E-state index is 0.0743. The van der Waals surface area contributed by atoms with Gasteiger partial charge in [0.15, 0.2) is 0 Å². The fraction of sp³-hybridized carbons (Fsp3) is 0.111. The molecule has 0 bridgehead atoms. The second kappa shape index (κ2) is 8.37. The summed E-state index contributed by atoms with van der Waals surface area (Å²) in [6.45, 7) is 0. The number of rotatable bonds is 7. The predicted molar refractivity (Wildman–Crippen MR) is 99.0 cm³/mol. The van der Waals surface area contributed by atoms with Gasteiger partial charge >= 0.3 is 5.97 Å². The summed E-state index contributed by atoms with van der Waals surface area (Å²) in [4.78, 5) is 22.8. The van der Waals surface area contributed by atoms with Crippen LogP contribution in [0.2, 0.25) is 0 Å². The molecular weight excluding hydrogens is 370 g/mol. The largest absolute Gasteiger partial charge is 0.497 e. The van der Waals surface area contributed by atoms with E-state index in [1.807, 2.05) is 0 Å². The van der Waals surface area contributed by atoms with Gasteiger partial charge in [-0.3, -0.25) is 4.79 Å². The number of hydrogen-bond acceptors (Lipinski definition) is 7. The van der Waals surface area contributed by atoms with Crippen LogP contribution in [0.25, 0.3) is 11.5 Å². The van der Waals surface area contributed by atoms with Crippen molar-refractivity contribution in [1.29, 1.82) is 0 Å². The van der Waals surface area contributed by atoms with Crippen LogP contribution in [-0.4, -0.2) is 40.0 Å². The molecular formula is C18H15N3O5S. The Morgan fingerprint density at radius 3 is 2.44 bits per heavy atom. The van der Waals surface area contributed by atoms with Crippen molar-refractivity contribution in [3.63, 3.8) is 0 Å². The van der Waals surface area contributed by atoms with E-state index in [1.54, 1.807) is 31.4 Å². The van der Waals surface area contributed by atoms with Gasteiger partial charge in [0.05, 0.1) is 18.4 Å². The minimum Gasteiger partial charge on any atom is -0.497 e. The molecule has 0 aliphatic rings. The number of anilines is 1. The molecule has 0 fully saturated rings. The molecule has 138 valence electrons. The first-order valence-corrected chi connectivity index (χ1v) is 8.77. The number of nitrogens with zero attached hydrogens (tertiary/aromatic N) is 2. The molecule has 0 spiro atoms. The molecule has 0 unspecified atom stereocenters. The molecule has 1 aromatic heterocycles. The van der Waals surface area contributed by atoms with Crippen molar-refractivity contribution in [3.8, 4) is 17.2 Å². The van der Waals surface area contributed by atoms with E-state index in [9.17, 15) is 9.59 Å². The van der Waals surface area contributed by atoms with Gasteiger partial charge in [0.2, 0.25) is 11.8 Å². The number of methoxy groups -OCH3 is 1. The Morgan fingerprint density at radius 2 is 1.81 bits per heavy atom. The number of carboxylic acids is 1. The van der Waals surface area contributed by atoms with Gasteiger partial charge in [-0.1, -0.05) is 11.8 Å². The molecule has 2 N–H and O–H groups in total. The minimum atomic E-state index is -1.02. The monoisotopic (exact) mass is 385 g/mol. The van der Waals surface area contributed by atoms with Crippen LogP contribution < -0.4 is 10.1 Å². The average molecular weight is 385 g/mol. The fourth-order valence-corrected chi connectivity index (χ4v) is 2.70. The van der Waals surface area contributed by atoms with Crippen molar-refractivity contribution in [2.45, 2.75) is 5.22 Å². The van der Waals surface area contributed by atoms with Crippen molar-refractivity contribution in [2.75, 3.05) is 18.2 Å². The summed E-state index contributed by atoms with van der Waals surface area (Å²) in [6, 6.07) is 13.1. The van der Waals surface area contributed by atoms with Gasteiger partial charge in [-0.05, 0) is 48.5 Å². The molecule has 0 aliphatic carbocycles. The van der Waals surface area contributed by atoms with Crippen molar-refractivity contribution in [3.05, 3.63) is 54.1 Å². The number of hydrogen-bond donors (Lipinski definition) is 2. The molecule has 1 amide bonds. The molecule has 0 atom stereocenters. The van der Waals surface area contributed by atoms with E-state index >= 15 is 0 Å². The molecule has 3 aromatic rings. The Labute approximate surface area is 158 Å². The summed E-state index contributed by atoms with van der Waals surface area (Å²) in [7, 11) is 1.59. The normalized spacial score (nSPS) is 10.4. The van der Waals surface area contributed by atoms with Crippen LogP contribution in [-0.2, 0) is 4.79 Å². The van der Waals surface area contributed by atoms with Crippen LogP contribution in [0, 0.1) is 0 Å². The lowest BCUT2D eigenvalue weighted by Gasteiger charge is -2.04. The fourth-order valence-electron chi connectivity index (χ4n) is 2.14. The van der Waals surface area contributed by atoms with Crippen molar-refractivity contribution in [2.24, 2.45) is 0 Å². The molecule has 2 aromatic carbocycles. The van der Waals surface area contributed by atoms with Crippen molar-refractivity contribution < 1.29 is 23.8 Å². The number of aromatic carboxylic acids is 1. The molecule has 1 heterocycles. The van der Waals surface area contributed by atoms with Gasteiger partial charge in [0.25, 0.3) is 5.22 Å². The predicted octanol–water partition coefficient (Wildman–Crippen LogP) is 3.17. The summed E-state index contributed by atoms with van der Waals surface area (Å²) < 4.78 is 10.6. The lowest BCUT2D eigenvalue weighted by atomic mass is 10.2. The van der Waals surface area contributed by atoms with Crippen LogP contribution in [0.1, 0.15) is 10.4 Å². The number of ether oxygens (including phenoxy) is 1. The molecule has 27 heavy (non-hydrogen) atoms. The molecule has 0 radical (unpaired) electrons. The summed E-state index contributed by atoms with van der Waals surface area (Å²) >= 11 is 1.11. The first kappa shape index (κ1) is 18.5. The number of nitrogens with one attached hydrogen (secondary N) is 1. The highest BCUT2D eigenvalue weighted by Crippen LogP contribution is 2.25. The Bertz CT molecular complexity index is 938. The number of carboxylic acid groups (broad SMARTS) is 1. The van der Waals surface area contributed by atoms with Gasteiger partial charge in [0.1, 0.15) is 5.75 Å². The molecule has 9 heteroatoms. The average Bonchev–Trinajstić information content (AvgIpc) is 3.16. The van der Waals surface area contributed by atoms with Gasteiger partial charge in [-0.2, -0.15) is 0 Å². The maximum atomic E-state index is 12.0. The summed E-state index contributed by atoms with van der Waals surface area (Å²) in [6.07, 6.45) is 0. The number of amides is 1. The van der Waals surface area contributed by atoms with E-state index in [-0.39, 0.29) is 22.4 Å². The maximum Gasteiger partial charge on any atom is 0.335 e. The van der Waals surface area contributed by atoms with Crippen LogP contribution in [0.15, 0.2) is 58.2 Å². The smallest absolute Gasteiger partial charge is 0.335 e. The number of benzene rings is 2. The lowest BCUT2D eigenvalue weighted by molar-refractivity contribution is -0.113. The maximum absolute atomic E-state index is 12.0. The second-order valence-electron chi connectivity index (χ2n) is 5.32. The second-order valence-corrected chi connectivity index (χ2v) is 6.25. The first-order chi connectivity index (χ1) is 13.0. The van der Waals surface area contributed by atoms with Crippen LogP contribution in [0.5, 0.6) is 5.75 Å². The number of carbonyl (C=O) groups excluding carboxylic acids is 1. The summed E-state index contributed by atoms with van der Waals surface area (Å²) in [5, 5.41) is 19.7. The zero-order valence-electron chi connectivity index (χ0n) is 14.2. The molecule has 0 saturated carbocycles. The number of carbonyl (C=O) groups is 2. The molecule has 8 nitrogen and oxygen atoms in total. The zero-order chi connectivity index (χ0) is 19.2. The third-order valence-electron chi connectivity index (χ3n) is 3.49. The third-order valence-corrected chi connectivity index (χ3v) is 4.30. The van der Waals surface area contributed by atoms with Gasteiger partial charge in [-0.15, -0.1) is 10.2 Å². The van der Waals surface area contributed by atoms with Crippen LogP contribution >= 0.6 is 11.8 Å². The zero-order valence-corrected chi connectivity index (χ0v) is 15.0. The Kier molecular flexibility index (Phi) is 5.72. The van der Waals surface area contributed by atoms with Crippen LogP contribution in [0.4, 0.5) is 5.69 Å². The topological polar surface area (TPSA) is 115 Å². The van der Waals surface area contributed by atoms with E-state index < -0.39 is 5.97 Å². The van der Waals surface area contributed by atoms with E-state index in [2.05, 4.69) is 15.5 Å². The summed E-state index contributed by atoms with van der Waals surface area (Å²) in [5.41, 5.74) is 1.41. The molecule has 0 saturated heterocycles. The van der Waals surface area contributed by atoms with Crippen molar-refractivity contribution in [1.82, 2.24) is 10.2 Å². The van der Waals surface area contributed by atoms with Gasteiger partial charge in [0, 0.05) is 11.3 Å². The highest BCUT2D eigenvalue weighted by Gasteiger charge is 2.12.